The number of likely N-dealkylation sites (N-methyl/N-ethyl adjacent to an activating group) is 1. The Balaban J connectivity index is 1.93. The maximum Gasteiger partial charge on any atom is 0.315 e. The summed E-state index contributed by atoms with van der Waals surface area (Å²) in [4.78, 5) is 27.7. The minimum absolute atomic E-state index is 0.0736. The molecule has 0 bridgehead atoms. The Morgan fingerprint density at radius 1 is 0.618 bits per heavy atom. The molecule has 0 spiro atoms. The molecule has 4 aromatic rings. The van der Waals surface area contributed by atoms with Gasteiger partial charge in [-0.3, -0.25) is 9.59 Å². The molecule has 170 valence electrons. The van der Waals surface area contributed by atoms with Gasteiger partial charge in [-0.25, -0.2) is 0 Å². The van der Waals surface area contributed by atoms with E-state index in [2.05, 4.69) is 0 Å². The SMILES string of the molecule is CN(C)C(=O)C(c1ccccc1)(c1ccccc1)c1ccc(C(C(=O)O)c2ccccc2)cc1. The maximum atomic E-state index is 13.9. The van der Waals surface area contributed by atoms with E-state index in [1.54, 1.807) is 19.0 Å². The summed E-state index contributed by atoms with van der Waals surface area (Å²) in [5.41, 5.74) is 2.79. The van der Waals surface area contributed by atoms with Crippen LogP contribution in [0.2, 0.25) is 0 Å². The second-order valence-corrected chi connectivity index (χ2v) is 8.49. The van der Waals surface area contributed by atoms with Crippen LogP contribution in [-0.4, -0.2) is 36.0 Å². The molecule has 34 heavy (non-hydrogen) atoms. The summed E-state index contributed by atoms with van der Waals surface area (Å²) in [5.74, 6) is -1.78. The zero-order valence-corrected chi connectivity index (χ0v) is 19.3. The van der Waals surface area contributed by atoms with Crippen LogP contribution in [0.5, 0.6) is 0 Å². The van der Waals surface area contributed by atoms with Gasteiger partial charge in [0.15, 0.2) is 0 Å². The van der Waals surface area contributed by atoms with Crippen LogP contribution in [0, 0.1) is 0 Å². The summed E-state index contributed by atoms with van der Waals surface area (Å²) in [6.45, 7) is 0. The molecule has 0 saturated heterocycles. The van der Waals surface area contributed by atoms with Crippen molar-refractivity contribution in [2.75, 3.05) is 14.1 Å². The first-order valence-corrected chi connectivity index (χ1v) is 11.2. The van der Waals surface area contributed by atoms with Gasteiger partial charge in [0.2, 0.25) is 5.91 Å². The highest BCUT2D eigenvalue weighted by molar-refractivity contribution is 5.96. The first kappa shape index (κ1) is 23.0. The molecule has 0 heterocycles. The Labute approximate surface area is 200 Å². The maximum absolute atomic E-state index is 13.9. The summed E-state index contributed by atoms with van der Waals surface area (Å²) < 4.78 is 0. The van der Waals surface area contributed by atoms with Gasteiger partial charge in [0.25, 0.3) is 0 Å². The quantitative estimate of drug-likeness (QED) is 0.388. The monoisotopic (exact) mass is 449 g/mol. The number of aliphatic carboxylic acids is 1. The van der Waals surface area contributed by atoms with Crippen molar-refractivity contribution in [3.63, 3.8) is 0 Å². The molecule has 0 saturated carbocycles. The highest BCUT2D eigenvalue weighted by Crippen LogP contribution is 2.41. The first-order chi connectivity index (χ1) is 16.5. The Morgan fingerprint density at radius 2 is 1.00 bits per heavy atom. The van der Waals surface area contributed by atoms with Crippen LogP contribution in [0.4, 0.5) is 0 Å². The van der Waals surface area contributed by atoms with E-state index in [0.717, 1.165) is 16.7 Å². The van der Waals surface area contributed by atoms with E-state index in [9.17, 15) is 14.7 Å². The average Bonchev–Trinajstić information content (AvgIpc) is 2.87. The third kappa shape index (κ3) is 4.11. The van der Waals surface area contributed by atoms with Crippen LogP contribution < -0.4 is 0 Å². The highest BCUT2D eigenvalue weighted by Gasteiger charge is 2.44. The molecule has 1 N–H and O–H groups in total. The standard InChI is InChI=1S/C30H27NO3/c1-31(2)29(34)30(24-14-8-4-9-15-24,25-16-10-5-11-17-25)26-20-18-23(19-21-26)27(28(32)33)22-12-6-3-7-13-22/h3-21,27H,1-2H3,(H,32,33). The van der Waals surface area contributed by atoms with Gasteiger partial charge in [0.05, 0.1) is 0 Å². The molecule has 0 radical (unpaired) electrons. The van der Waals surface area contributed by atoms with Gasteiger partial charge in [-0.15, -0.1) is 0 Å². The topological polar surface area (TPSA) is 57.6 Å². The van der Waals surface area contributed by atoms with Crippen LogP contribution in [0.25, 0.3) is 0 Å². The zero-order chi connectivity index (χ0) is 24.1. The smallest absolute Gasteiger partial charge is 0.315 e. The summed E-state index contributed by atoms with van der Waals surface area (Å²) in [6, 6.07) is 36.0. The number of carboxylic acids is 1. The number of carbonyl (C=O) groups is 2. The van der Waals surface area contributed by atoms with Crippen molar-refractivity contribution >= 4 is 11.9 Å². The van der Waals surface area contributed by atoms with Gasteiger partial charge in [0.1, 0.15) is 11.3 Å². The molecular formula is C30H27NO3. The number of benzene rings is 4. The first-order valence-electron chi connectivity index (χ1n) is 11.2. The molecule has 4 aromatic carbocycles. The molecule has 0 aliphatic rings. The predicted molar refractivity (Wildman–Crippen MR) is 134 cm³/mol. The Kier molecular flexibility index (Phi) is 6.60. The molecule has 0 aromatic heterocycles. The largest absolute Gasteiger partial charge is 0.481 e. The molecule has 0 fully saturated rings. The van der Waals surface area contributed by atoms with Crippen LogP contribution in [0.3, 0.4) is 0 Å². The molecule has 0 aliphatic carbocycles. The lowest BCUT2D eigenvalue weighted by molar-refractivity contribution is -0.137. The summed E-state index contributed by atoms with van der Waals surface area (Å²) in [7, 11) is 3.51. The third-order valence-corrected chi connectivity index (χ3v) is 6.20. The van der Waals surface area contributed by atoms with Crippen molar-refractivity contribution in [3.8, 4) is 0 Å². The fourth-order valence-electron chi connectivity index (χ4n) is 4.63. The van der Waals surface area contributed by atoms with Crippen molar-refractivity contribution in [1.82, 2.24) is 4.90 Å². The second-order valence-electron chi connectivity index (χ2n) is 8.49. The normalized spacial score (nSPS) is 12.1. The number of rotatable bonds is 7. The van der Waals surface area contributed by atoms with Gasteiger partial charge in [-0.1, -0.05) is 115 Å². The average molecular weight is 450 g/mol. The minimum Gasteiger partial charge on any atom is -0.481 e. The van der Waals surface area contributed by atoms with E-state index in [4.69, 9.17) is 0 Å². The van der Waals surface area contributed by atoms with Crippen LogP contribution in [0.15, 0.2) is 115 Å². The molecule has 4 heteroatoms. The molecule has 4 nitrogen and oxygen atoms in total. The van der Waals surface area contributed by atoms with E-state index in [0.29, 0.717) is 11.1 Å². The van der Waals surface area contributed by atoms with Crippen molar-refractivity contribution < 1.29 is 14.7 Å². The fraction of sp³-hybridized carbons (Fsp3) is 0.133. The molecule has 1 amide bonds. The molecule has 1 atom stereocenters. The molecule has 4 rings (SSSR count). The Bertz CT molecular complexity index is 1210. The number of amides is 1. The fourth-order valence-corrected chi connectivity index (χ4v) is 4.63. The van der Waals surface area contributed by atoms with Gasteiger partial charge in [-0.05, 0) is 27.8 Å². The molecule has 0 aliphatic heterocycles. The number of carboxylic acid groups (broad SMARTS) is 1. The van der Waals surface area contributed by atoms with Gasteiger partial charge in [0, 0.05) is 14.1 Å². The van der Waals surface area contributed by atoms with E-state index in [-0.39, 0.29) is 5.91 Å². The number of hydrogen-bond donors (Lipinski definition) is 1. The lowest BCUT2D eigenvalue weighted by Gasteiger charge is -2.36. The number of hydrogen-bond acceptors (Lipinski definition) is 2. The summed E-state index contributed by atoms with van der Waals surface area (Å²) in [6.07, 6.45) is 0. The van der Waals surface area contributed by atoms with Crippen molar-refractivity contribution in [3.05, 3.63) is 143 Å². The molecular weight excluding hydrogens is 422 g/mol. The van der Waals surface area contributed by atoms with Crippen molar-refractivity contribution in [2.24, 2.45) is 0 Å². The van der Waals surface area contributed by atoms with E-state index in [1.165, 1.54) is 0 Å². The van der Waals surface area contributed by atoms with Crippen molar-refractivity contribution in [2.45, 2.75) is 11.3 Å². The van der Waals surface area contributed by atoms with Gasteiger partial charge in [-0.2, -0.15) is 0 Å². The summed E-state index contributed by atoms with van der Waals surface area (Å²) >= 11 is 0. The van der Waals surface area contributed by atoms with E-state index >= 15 is 0 Å². The molecule has 1 unspecified atom stereocenters. The van der Waals surface area contributed by atoms with Gasteiger partial charge >= 0.3 is 5.97 Å². The number of carbonyl (C=O) groups excluding carboxylic acids is 1. The third-order valence-electron chi connectivity index (χ3n) is 6.20. The van der Waals surface area contributed by atoms with E-state index in [1.807, 2.05) is 115 Å². The van der Waals surface area contributed by atoms with Gasteiger partial charge < -0.3 is 10.0 Å². The second kappa shape index (κ2) is 9.75. The Hall–Kier alpha value is -4.18. The van der Waals surface area contributed by atoms with Crippen LogP contribution >= 0.6 is 0 Å². The highest BCUT2D eigenvalue weighted by atomic mass is 16.4. The van der Waals surface area contributed by atoms with Crippen LogP contribution in [0.1, 0.15) is 33.7 Å². The lowest BCUT2D eigenvalue weighted by Crippen LogP contribution is -2.45. The van der Waals surface area contributed by atoms with Crippen LogP contribution in [-0.2, 0) is 15.0 Å². The lowest BCUT2D eigenvalue weighted by atomic mass is 9.68. The predicted octanol–water partition coefficient (Wildman–Crippen LogP) is 5.33. The van der Waals surface area contributed by atoms with E-state index < -0.39 is 17.3 Å². The Morgan fingerprint density at radius 3 is 1.41 bits per heavy atom. The summed E-state index contributed by atoms with van der Waals surface area (Å²) in [5, 5.41) is 9.97. The zero-order valence-electron chi connectivity index (χ0n) is 19.3. The van der Waals surface area contributed by atoms with Crippen molar-refractivity contribution in [1.29, 1.82) is 0 Å². The number of nitrogens with zero attached hydrogens (tertiary/aromatic N) is 1. The minimum atomic E-state index is -1.07.